The lowest BCUT2D eigenvalue weighted by molar-refractivity contribution is 0.0953. The van der Waals surface area contributed by atoms with E-state index in [9.17, 15) is 4.79 Å². The fourth-order valence-corrected chi connectivity index (χ4v) is 2.00. The Labute approximate surface area is 99.2 Å². The van der Waals surface area contributed by atoms with Crippen LogP contribution in [0.3, 0.4) is 0 Å². The summed E-state index contributed by atoms with van der Waals surface area (Å²) in [5, 5.41) is 0. The quantitative estimate of drug-likeness (QED) is 0.760. The van der Waals surface area contributed by atoms with Crippen molar-refractivity contribution in [2.45, 2.75) is 33.1 Å². The predicted octanol–water partition coefficient (Wildman–Crippen LogP) is 3.85. The van der Waals surface area contributed by atoms with Gasteiger partial charge in [0.05, 0.1) is 0 Å². The van der Waals surface area contributed by atoms with E-state index in [1.165, 1.54) is 0 Å². The van der Waals surface area contributed by atoms with Crippen LogP contribution in [0.15, 0.2) is 22.8 Å². The van der Waals surface area contributed by atoms with Gasteiger partial charge in [-0.25, -0.2) is 0 Å². The van der Waals surface area contributed by atoms with Crippen LogP contribution in [0.25, 0.3) is 0 Å². The highest BCUT2D eigenvalue weighted by molar-refractivity contribution is 9.10. The van der Waals surface area contributed by atoms with Gasteiger partial charge in [-0.2, -0.15) is 0 Å². The Hall–Kier alpha value is -0.700. The maximum atomic E-state index is 11.9. The molecule has 0 fully saturated rings. The summed E-state index contributed by atoms with van der Waals surface area (Å²) in [6.07, 6.45) is 4.35. The SMILES string of the molecule is CCC(CC)CC(=O)c1ncccc1Br. The molecule has 1 rings (SSSR count). The molecule has 0 aliphatic heterocycles. The Morgan fingerprint density at radius 3 is 2.67 bits per heavy atom. The number of ketones is 1. The van der Waals surface area contributed by atoms with Crippen molar-refractivity contribution >= 4 is 21.7 Å². The Bertz CT molecular complexity index is 334. The Morgan fingerprint density at radius 2 is 2.13 bits per heavy atom. The molecule has 0 bridgehead atoms. The number of Topliss-reactive ketones (excluding diaryl/α,β-unsaturated/α-hetero) is 1. The zero-order valence-electron chi connectivity index (χ0n) is 9.16. The first-order valence-corrected chi connectivity index (χ1v) is 6.12. The molecule has 0 atom stereocenters. The first-order chi connectivity index (χ1) is 7.19. The predicted molar refractivity (Wildman–Crippen MR) is 65.0 cm³/mol. The van der Waals surface area contributed by atoms with Crippen molar-refractivity contribution in [1.82, 2.24) is 4.98 Å². The standard InChI is InChI=1S/C12H16BrNO/c1-3-9(4-2)8-11(15)12-10(13)6-5-7-14-12/h5-7,9H,3-4,8H2,1-2H3. The molecule has 0 unspecified atom stereocenters. The number of pyridine rings is 1. The van der Waals surface area contributed by atoms with Crippen LogP contribution in [0.2, 0.25) is 0 Å². The minimum atomic E-state index is 0.135. The average molecular weight is 270 g/mol. The largest absolute Gasteiger partial charge is 0.292 e. The van der Waals surface area contributed by atoms with E-state index in [0.29, 0.717) is 18.0 Å². The monoisotopic (exact) mass is 269 g/mol. The average Bonchev–Trinajstić information content (AvgIpc) is 2.26. The maximum absolute atomic E-state index is 11.9. The third-order valence-electron chi connectivity index (χ3n) is 2.65. The van der Waals surface area contributed by atoms with E-state index >= 15 is 0 Å². The van der Waals surface area contributed by atoms with E-state index in [1.54, 1.807) is 6.20 Å². The van der Waals surface area contributed by atoms with Gasteiger partial charge in [0.2, 0.25) is 0 Å². The van der Waals surface area contributed by atoms with Crippen molar-refractivity contribution in [3.8, 4) is 0 Å². The first-order valence-electron chi connectivity index (χ1n) is 5.32. The van der Waals surface area contributed by atoms with Gasteiger partial charge in [0.1, 0.15) is 5.69 Å². The van der Waals surface area contributed by atoms with Gasteiger partial charge in [-0.05, 0) is 34.0 Å². The summed E-state index contributed by atoms with van der Waals surface area (Å²) in [6, 6.07) is 3.67. The molecule has 0 aliphatic carbocycles. The van der Waals surface area contributed by atoms with Gasteiger partial charge in [0, 0.05) is 17.1 Å². The topological polar surface area (TPSA) is 30.0 Å². The number of nitrogens with zero attached hydrogens (tertiary/aromatic N) is 1. The van der Waals surface area contributed by atoms with Crippen molar-refractivity contribution in [1.29, 1.82) is 0 Å². The van der Waals surface area contributed by atoms with E-state index in [0.717, 1.165) is 17.3 Å². The third kappa shape index (κ3) is 3.42. The normalized spacial score (nSPS) is 10.7. The number of carbonyl (C=O) groups is 1. The van der Waals surface area contributed by atoms with Crippen molar-refractivity contribution in [2.24, 2.45) is 5.92 Å². The summed E-state index contributed by atoms with van der Waals surface area (Å²) in [4.78, 5) is 16.0. The van der Waals surface area contributed by atoms with Gasteiger partial charge in [-0.1, -0.05) is 26.7 Å². The molecule has 0 spiro atoms. The van der Waals surface area contributed by atoms with Gasteiger partial charge >= 0.3 is 0 Å². The molecule has 3 heteroatoms. The summed E-state index contributed by atoms with van der Waals surface area (Å²) in [6.45, 7) is 4.24. The lowest BCUT2D eigenvalue weighted by Crippen LogP contribution is -2.09. The second-order valence-corrected chi connectivity index (χ2v) is 4.50. The van der Waals surface area contributed by atoms with Crippen molar-refractivity contribution in [3.63, 3.8) is 0 Å². The summed E-state index contributed by atoms with van der Waals surface area (Å²) in [5.74, 6) is 0.614. The third-order valence-corrected chi connectivity index (χ3v) is 3.29. The molecule has 2 nitrogen and oxygen atoms in total. The number of aromatic nitrogens is 1. The fourth-order valence-electron chi connectivity index (χ4n) is 1.53. The van der Waals surface area contributed by atoms with Crippen molar-refractivity contribution in [2.75, 3.05) is 0 Å². The van der Waals surface area contributed by atoms with E-state index in [4.69, 9.17) is 0 Å². The van der Waals surface area contributed by atoms with Gasteiger partial charge in [0.15, 0.2) is 5.78 Å². The van der Waals surface area contributed by atoms with Crippen LogP contribution in [0.5, 0.6) is 0 Å². The molecule has 0 radical (unpaired) electrons. The minimum Gasteiger partial charge on any atom is -0.292 e. The smallest absolute Gasteiger partial charge is 0.182 e. The lowest BCUT2D eigenvalue weighted by atomic mass is 9.96. The van der Waals surface area contributed by atoms with Gasteiger partial charge < -0.3 is 0 Å². The summed E-state index contributed by atoms with van der Waals surface area (Å²) in [5.41, 5.74) is 0.560. The minimum absolute atomic E-state index is 0.135. The Balaban J connectivity index is 2.73. The highest BCUT2D eigenvalue weighted by Gasteiger charge is 2.15. The molecule has 1 aromatic heterocycles. The molecule has 0 aliphatic rings. The zero-order chi connectivity index (χ0) is 11.3. The van der Waals surface area contributed by atoms with E-state index < -0.39 is 0 Å². The first kappa shape index (κ1) is 12.4. The molecular formula is C12H16BrNO. The molecule has 82 valence electrons. The fraction of sp³-hybridized carbons (Fsp3) is 0.500. The number of halogens is 1. The highest BCUT2D eigenvalue weighted by Crippen LogP contribution is 2.20. The van der Waals surface area contributed by atoms with E-state index in [2.05, 4.69) is 34.8 Å². The summed E-state index contributed by atoms with van der Waals surface area (Å²) < 4.78 is 0.793. The number of rotatable bonds is 5. The van der Waals surface area contributed by atoms with Crippen LogP contribution in [-0.2, 0) is 0 Å². The summed E-state index contributed by atoms with van der Waals surface area (Å²) in [7, 11) is 0. The lowest BCUT2D eigenvalue weighted by Gasteiger charge is -2.10. The Kier molecular flexibility index (Phi) is 4.95. The van der Waals surface area contributed by atoms with Crippen LogP contribution in [0, 0.1) is 5.92 Å². The molecule has 15 heavy (non-hydrogen) atoms. The van der Waals surface area contributed by atoms with Crippen LogP contribution in [-0.4, -0.2) is 10.8 Å². The van der Waals surface area contributed by atoms with Crippen LogP contribution in [0.4, 0.5) is 0 Å². The molecular weight excluding hydrogens is 254 g/mol. The highest BCUT2D eigenvalue weighted by atomic mass is 79.9. The molecule has 0 saturated heterocycles. The molecule has 0 amide bonds. The van der Waals surface area contributed by atoms with Gasteiger partial charge in [0.25, 0.3) is 0 Å². The summed E-state index contributed by atoms with van der Waals surface area (Å²) >= 11 is 3.35. The zero-order valence-corrected chi connectivity index (χ0v) is 10.8. The second kappa shape index (κ2) is 6.01. The number of hydrogen-bond acceptors (Lipinski definition) is 2. The molecule has 0 aromatic carbocycles. The van der Waals surface area contributed by atoms with Crippen LogP contribution in [0.1, 0.15) is 43.6 Å². The van der Waals surface area contributed by atoms with Crippen molar-refractivity contribution in [3.05, 3.63) is 28.5 Å². The maximum Gasteiger partial charge on any atom is 0.182 e. The van der Waals surface area contributed by atoms with Crippen LogP contribution >= 0.6 is 15.9 Å². The van der Waals surface area contributed by atoms with Crippen LogP contribution < -0.4 is 0 Å². The Morgan fingerprint density at radius 1 is 1.47 bits per heavy atom. The molecule has 0 N–H and O–H groups in total. The number of carbonyl (C=O) groups excluding carboxylic acids is 1. The van der Waals surface area contributed by atoms with Gasteiger partial charge in [-0.3, -0.25) is 9.78 Å². The van der Waals surface area contributed by atoms with E-state index in [1.807, 2.05) is 12.1 Å². The molecule has 0 saturated carbocycles. The van der Waals surface area contributed by atoms with Crippen molar-refractivity contribution < 1.29 is 4.79 Å². The second-order valence-electron chi connectivity index (χ2n) is 3.64. The van der Waals surface area contributed by atoms with E-state index in [-0.39, 0.29) is 5.78 Å². The molecule has 1 aromatic rings. The number of hydrogen-bond donors (Lipinski definition) is 0. The molecule has 1 heterocycles. The van der Waals surface area contributed by atoms with Gasteiger partial charge in [-0.15, -0.1) is 0 Å².